The van der Waals surface area contributed by atoms with Gasteiger partial charge in [-0.1, -0.05) is 17.7 Å². The van der Waals surface area contributed by atoms with Crippen molar-refractivity contribution in [3.63, 3.8) is 0 Å². The Morgan fingerprint density at radius 2 is 1.93 bits per heavy atom. The molecule has 10 nitrogen and oxygen atoms in total. The zero-order valence-electron chi connectivity index (χ0n) is 24.3. The molecule has 3 aromatic carbocycles. The van der Waals surface area contributed by atoms with Crippen molar-refractivity contribution < 1.29 is 19.0 Å². The number of fused-ring (bicyclic) bond motifs is 1. The number of aryl methyl sites for hydroxylation is 1. The summed E-state index contributed by atoms with van der Waals surface area (Å²) < 4.78 is 22.2. The summed E-state index contributed by atoms with van der Waals surface area (Å²) in [5.41, 5.74) is 1.24. The third-order valence-corrected chi connectivity index (χ3v) is 7.53. The van der Waals surface area contributed by atoms with Crippen LogP contribution < -0.4 is 21.3 Å². The van der Waals surface area contributed by atoms with Gasteiger partial charge in [-0.3, -0.25) is 19.1 Å². The Balaban J connectivity index is 1.79. The molecule has 5 aromatic rings. The summed E-state index contributed by atoms with van der Waals surface area (Å²) in [6.07, 6.45) is 3.38. The molecule has 45 heavy (non-hydrogen) atoms. The fourth-order valence-corrected chi connectivity index (χ4v) is 5.25. The Kier molecular flexibility index (Phi) is 9.08. The standard InChI is InChI=1S/C33H27ClFN5O5/c1-19-10-24(17-37-16-19)40-32(43)30-28(39(33(40)44)18-20-4-7-27(35)23(11-20)15-36)13-22(14-29(30)45-2)25-12-21(5-6-26(25)34)31(42)38-8-3-9-41/h4-7,10-14,16-17,41H,3,8-9,18H2,1-2H3,(H,38,42). The third-order valence-electron chi connectivity index (χ3n) is 7.20. The number of ether oxygens (including phenoxy) is 1. The monoisotopic (exact) mass is 627 g/mol. The number of benzene rings is 3. The number of nitriles is 1. The second-order valence-electron chi connectivity index (χ2n) is 10.3. The number of amides is 1. The third kappa shape index (κ3) is 6.20. The number of nitrogens with one attached hydrogen (secondary N) is 1. The molecule has 2 N–H and O–H groups in total. The summed E-state index contributed by atoms with van der Waals surface area (Å²) in [4.78, 5) is 45.1. The number of carbonyl (C=O) groups excluding carboxylic acids is 1. The fourth-order valence-electron chi connectivity index (χ4n) is 5.02. The molecule has 0 saturated heterocycles. The lowest BCUT2D eigenvalue weighted by atomic mass is 10.00. The van der Waals surface area contributed by atoms with Crippen LogP contribution in [-0.2, 0) is 6.54 Å². The molecule has 0 fully saturated rings. The number of aromatic nitrogens is 3. The van der Waals surface area contributed by atoms with Gasteiger partial charge in [-0.15, -0.1) is 0 Å². The van der Waals surface area contributed by atoms with E-state index < -0.39 is 17.1 Å². The normalized spacial score (nSPS) is 10.9. The molecule has 0 bridgehead atoms. The summed E-state index contributed by atoms with van der Waals surface area (Å²) in [6, 6.07) is 15.3. The summed E-state index contributed by atoms with van der Waals surface area (Å²) in [7, 11) is 1.39. The highest BCUT2D eigenvalue weighted by atomic mass is 35.5. The number of halogens is 2. The number of nitrogens with zero attached hydrogens (tertiary/aromatic N) is 4. The van der Waals surface area contributed by atoms with E-state index in [2.05, 4.69) is 10.3 Å². The van der Waals surface area contributed by atoms with Gasteiger partial charge in [0.2, 0.25) is 0 Å². The van der Waals surface area contributed by atoms with E-state index in [-0.39, 0.29) is 53.5 Å². The van der Waals surface area contributed by atoms with Crippen LogP contribution in [0.2, 0.25) is 5.02 Å². The van der Waals surface area contributed by atoms with Gasteiger partial charge in [0.15, 0.2) is 0 Å². The lowest BCUT2D eigenvalue weighted by Gasteiger charge is -2.18. The SMILES string of the molecule is COc1cc(-c2cc(C(=O)NCCCO)ccc2Cl)cc2c1c(=O)n(-c1cncc(C)c1)c(=O)n2Cc1ccc(F)c(C#N)c1. The van der Waals surface area contributed by atoms with Crippen LogP contribution in [0.3, 0.4) is 0 Å². The van der Waals surface area contributed by atoms with E-state index in [1.807, 2.05) is 0 Å². The zero-order chi connectivity index (χ0) is 32.2. The van der Waals surface area contributed by atoms with E-state index in [0.717, 1.165) is 16.2 Å². The molecule has 0 radical (unpaired) electrons. The Morgan fingerprint density at radius 1 is 1.13 bits per heavy atom. The largest absolute Gasteiger partial charge is 0.496 e. The second kappa shape index (κ2) is 13.1. The number of methoxy groups -OCH3 is 1. The van der Waals surface area contributed by atoms with Gasteiger partial charge >= 0.3 is 5.69 Å². The molecule has 1 amide bonds. The molecule has 0 atom stereocenters. The van der Waals surface area contributed by atoms with Crippen LogP contribution in [0.15, 0.2) is 76.6 Å². The predicted octanol–water partition coefficient (Wildman–Crippen LogP) is 4.36. The zero-order valence-corrected chi connectivity index (χ0v) is 25.1. The van der Waals surface area contributed by atoms with Crippen LogP contribution >= 0.6 is 11.6 Å². The number of hydrogen-bond acceptors (Lipinski definition) is 7. The minimum absolute atomic E-state index is 0.0669. The van der Waals surface area contributed by atoms with E-state index in [0.29, 0.717) is 33.7 Å². The van der Waals surface area contributed by atoms with Crippen molar-refractivity contribution in [2.75, 3.05) is 20.3 Å². The van der Waals surface area contributed by atoms with Crippen LogP contribution in [0.4, 0.5) is 4.39 Å². The number of hydrogen-bond donors (Lipinski definition) is 2. The quantitative estimate of drug-likeness (QED) is 0.232. The number of rotatable bonds is 9. The molecule has 0 saturated carbocycles. The van der Waals surface area contributed by atoms with Crippen LogP contribution in [0.5, 0.6) is 5.75 Å². The molecule has 0 aliphatic heterocycles. The van der Waals surface area contributed by atoms with Crippen molar-refractivity contribution in [2.45, 2.75) is 19.9 Å². The summed E-state index contributed by atoms with van der Waals surface area (Å²) in [5.74, 6) is -0.931. The molecule has 5 rings (SSSR count). The maximum Gasteiger partial charge on any atom is 0.336 e. The van der Waals surface area contributed by atoms with Gasteiger partial charge in [0.1, 0.15) is 23.0 Å². The minimum atomic E-state index is -0.704. The predicted molar refractivity (Wildman–Crippen MR) is 168 cm³/mol. The highest BCUT2D eigenvalue weighted by molar-refractivity contribution is 6.33. The van der Waals surface area contributed by atoms with Gasteiger partial charge in [-0.2, -0.15) is 5.26 Å². The average molecular weight is 628 g/mol. The first-order chi connectivity index (χ1) is 21.7. The first kappa shape index (κ1) is 31.1. The van der Waals surface area contributed by atoms with Crippen molar-refractivity contribution in [3.05, 3.63) is 121 Å². The van der Waals surface area contributed by atoms with Crippen molar-refractivity contribution in [1.82, 2.24) is 19.4 Å². The molecule has 2 heterocycles. The summed E-state index contributed by atoms with van der Waals surface area (Å²) in [5, 5.41) is 21.5. The van der Waals surface area contributed by atoms with Gasteiger partial charge in [0, 0.05) is 35.5 Å². The maximum atomic E-state index is 14.2. The maximum absolute atomic E-state index is 14.2. The molecule has 12 heteroatoms. The van der Waals surface area contributed by atoms with Gasteiger partial charge in [-0.05, 0) is 78.6 Å². The molecule has 2 aromatic heterocycles. The summed E-state index contributed by atoms with van der Waals surface area (Å²) in [6.45, 7) is 1.86. The smallest absolute Gasteiger partial charge is 0.336 e. The fraction of sp³-hybridized carbons (Fsp3) is 0.182. The molecular weight excluding hydrogens is 601 g/mol. The van der Waals surface area contributed by atoms with Crippen molar-refractivity contribution in [1.29, 1.82) is 5.26 Å². The summed E-state index contributed by atoms with van der Waals surface area (Å²) >= 11 is 6.60. The molecular formula is C33H27ClFN5O5. The van der Waals surface area contributed by atoms with Crippen molar-refractivity contribution >= 4 is 28.4 Å². The van der Waals surface area contributed by atoms with Gasteiger partial charge in [-0.25, -0.2) is 13.8 Å². The highest BCUT2D eigenvalue weighted by Crippen LogP contribution is 2.35. The number of pyridine rings is 1. The van der Waals surface area contributed by atoms with E-state index in [9.17, 15) is 24.0 Å². The molecule has 0 unspecified atom stereocenters. The topological polar surface area (TPSA) is 139 Å². The van der Waals surface area contributed by atoms with E-state index in [1.54, 1.807) is 55.6 Å². The molecule has 0 aliphatic carbocycles. The van der Waals surface area contributed by atoms with E-state index >= 15 is 0 Å². The van der Waals surface area contributed by atoms with Gasteiger partial charge < -0.3 is 15.2 Å². The highest BCUT2D eigenvalue weighted by Gasteiger charge is 2.21. The van der Waals surface area contributed by atoms with Crippen LogP contribution in [0.25, 0.3) is 27.7 Å². The molecule has 228 valence electrons. The average Bonchev–Trinajstić information content (AvgIpc) is 3.03. The van der Waals surface area contributed by atoms with Crippen LogP contribution in [-0.4, -0.2) is 45.4 Å². The Morgan fingerprint density at radius 3 is 2.64 bits per heavy atom. The number of aliphatic hydroxyl groups excluding tert-OH is 1. The molecule has 0 aliphatic rings. The van der Waals surface area contributed by atoms with E-state index in [1.165, 1.54) is 30.0 Å². The van der Waals surface area contributed by atoms with Crippen LogP contribution in [0, 0.1) is 24.1 Å². The van der Waals surface area contributed by atoms with Crippen LogP contribution in [0.1, 0.15) is 33.5 Å². The number of carbonyl (C=O) groups is 1. The van der Waals surface area contributed by atoms with Gasteiger partial charge in [0.25, 0.3) is 11.5 Å². The van der Waals surface area contributed by atoms with Crippen molar-refractivity contribution in [3.8, 4) is 28.6 Å². The second-order valence-corrected chi connectivity index (χ2v) is 10.7. The lowest BCUT2D eigenvalue weighted by Crippen LogP contribution is -2.39. The Labute approximate surface area is 261 Å². The number of aliphatic hydroxyl groups is 1. The first-order valence-electron chi connectivity index (χ1n) is 13.8. The molecule has 0 spiro atoms. The Bertz CT molecular complexity index is 2120. The Hall–Kier alpha value is -5.31. The van der Waals surface area contributed by atoms with E-state index in [4.69, 9.17) is 21.4 Å². The van der Waals surface area contributed by atoms with Crippen molar-refractivity contribution in [2.24, 2.45) is 0 Å². The lowest BCUT2D eigenvalue weighted by molar-refractivity contribution is 0.0951. The minimum Gasteiger partial charge on any atom is -0.496 e. The van der Waals surface area contributed by atoms with Gasteiger partial charge in [0.05, 0.1) is 36.6 Å². The first-order valence-corrected chi connectivity index (χ1v) is 14.2.